The van der Waals surface area contributed by atoms with Crippen LogP contribution in [0.1, 0.15) is 30.7 Å². The van der Waals surface area contributed by atoms with E-state index in [1.165, 1.54) is 16.5 Å². The van der Waals surface area contributed by atoms with Crippen LogP contribution in [0, 0.1) is 5.92 Å². The van der Waals surface area contributed by atoms with E-state index in [0.717, 1.165) is 35.9 Å². The highest BCUT2D eigenvalue weighted by molar-refractivity contribution is 6.30. The van der Waals surface area contributed by atoms with Gasteiger partial charge in [0.25, 0.3) is 0 Å². The number of rotatable bonds is 6. The van der Waals surface area contributed by atoms with Crippen molar-refractivity contribution in [3.05, 3.63) is 70.4 Å². The van der Waals surface area contributed by atoms with E-state index >= 15 is 0 Å². The van der Waals surface area contributed by atoms with E-state index in [-0.39, 0.29) is 0 Å². The molecule has 0 spiro atoms. The summed E-state index contributed by atoms with van der Waals surface area (Å²) in [5, 5.41) is 5.45. The van der Waals surface area contributed by atoms with Gasteiger partial charge in [0.05, 0.1) is 6.54 Å². The highest BCUT2D eigenvalue weighted by atomic mass is 35.5. The Morgan fingerprint density at radius 3 is 2.52 bits per heavy atom. The summed E-state index contributed by atoms with van der Waals surface area (Å²) in [5.74, 6) is 1.65. The second-order valence-corrected chi connectivity index (χ2v) is 6.76. The number of benzene rings is 2. The van der Waals surface area contributed by atoms with Gasteiger partial charge in [0.15, 0.2) is 0 Å². The molecule has 0 amide bonds. The van der Waals surface area contributed by atoms with E-state index < -0.39 is 0 Å². The van der Waals surface area contributed by atoms with Crippen LogP contribution in [0.2, 0.25) is 5.02 Å². The molecule has 3 aromatic rings. The maximum atomic E-state index is 6.09. The molecule has 0 radical (unpaired) electrons. The van der Waals surface area contributed by atoms with Gasteiger partial charge >= 0.3 is 0 Å². The van der Waals surface area contributed by atoms with Crippen LogP contribution < -0.4 is 5.32 Å². The minimum atomic E-state index is 0.624. The Labute approximate surface area is 142 Å². The zero-order valence-corrected chi connectivity index (χ0v) is 14.4. The summed E-state index contributed by atoms with van der Waals surface area (Å²) < 4.78 is 6.09. The predicted octanol–water partition coefficient (Wildman–Crippen LogP) is 5.42. The summed E-state index contributed by atoms with van der Waals surface area (Å²) in [6.07, 6.45) is 0.854. The van der Waals surface area contributed by atoms with Crippen molar-refractivity contribution in [1.82, 2.24) is 5.32 Å². The summed E-state index contributed by atoms with van der Waals surface area (Å²) in [7, 11) is 0. The third-order valence-corrected chi connectivity index (χ3v) is 4.17. The largest absolute Gasteiger partial charge is 0.459 e. The van der Waals surface area contributed by atoms with Gasteiger partial charge in [-0.15, -0.1) is 0 Å². The maximum Gasteiger partial charge on any atom is 0.134 e. The van der Waals surface area contributed by atoms with Crippen molar-refractivity contribution in [2.75, 3.05) is 6.54 Å². The summed E-state index contributed by atoms with van der Waals surface area (Å²) in [6.45, 7) is 6.16. The molecule has 3 rings (SSSR count). The van der Waals surface area contributed by atoms with E-state index in [1.54, 1.807) is 0 Å². The van der Waals surface area contributed by atoms with Crippen LogP contribution in [-0.2, 0) is 13.0 Å². The molecular formula is C20H22ClNO. The molecule has 0 saturated carbocycles. The summed E-state index contributed by atoms with van der Waals surface area (Å²) in [4.78, 5) is 0. The molecule has 0 atom stereocenters. The molecule has 0 aliphatic rings. The lowest BCUT2D eigenvalue weighted by Crippen LogP contribution is -2.19. The zero-order chi connectivity index (χ0) is 16.2. The number of halogens is 1. The third kappa shape index (κ3) is 3.95. The van der Waals surface area contributed by atoms with Gasteiger partial charge in [-0.3, -0.25) is 0 Å². The Balaban J connectivity index is 1.90. The highest BCUT2D eigenvalue weighted by Crippen LogP contribution is 2.28. The van der Waals surface area contributed by atoms with Gasteiger partial charge in [0, 0.05) is 22.4 Å². The molecule has 0 saturated heterocycles. The number of fused-ring (bicyclic) bond motifs is 1. The van der Waals surface area contributed by atoms with Crippen LogP contribution in [0.25, 0.3) is 11.0 Å². The summed E-state index contributed by atoms with van der Waals surface area (Å²) >= 11 is 5.99. The van der Waals surface area contributed by atoms with Crippen molar-refractivity contribution in [3.63, 3.8) is 0 Å². The standard InChI is InChI=1S/C20H22ClNO/c1-14(2)12-22-13-20-18(11-15-7-9-16(21)10-8-15)17-5-3-4-6-19(17)23-20/h3-10,14,22H,11-13H2,1-2H3. The second kappa shape index (κ2) is 7.20. The SMILES string of the molecule is CC(C)CNCc1oc2ccccc2c1Cc1ccc(Cl)cc1. The third-order valence-electron chi connectivity index (χ3n) is 3.91. The lowest BCUT2D eigenvalue weighted by atomic mass is 10.0. The normalized spacial score (nSPS) is 11.5. The molecular weight excluding hydrogens is 306 g/mol. The molecule has 1 aromatic heterocycles. The predicted molar refractivity (Wildman–Crippen MR) is 97.0 cm³/mol. The van der Waals surface area contributed by atoms with E-state index in [0.29, 0.717) is 5.92 Å². The maximum absolute atomic E-state index is 6.09. The van der Waals surface area contributed by atoms with Crippen LogP contribution in [-0.4, -0.2) is 6.54 Å². The number of hydrogen-bond donors (Lipinski definition) is 1. The number of hydrogen-bond acceptors (Lipinski definition) is 2. The van der Waals surface area contributed by atoms with Crippen LogP contribution in [0.3, 0.4) is 0 Å². The fraction of sp³-hybridized carbons (Fsp3) is 0.300. The Morgan fingerprint density at radius 1 is 1.04 bits per heavy atom. The first-order valence-corrected chi connectivity index (χ1v) is 8.45. The monoisotopic (exact) mass is 327 g/mol. The van der Waals surface area contributed by atoms with Crippen molar-refractivity contribution in [3.8, 4) is 0 Å². The highest BCUT2D eigenvalue weighted by Gasteiger charge is 2.14. The molecule has 3 heteroatoms. The van der Waals surface area contributed by atoms with E-state index in [1.807, 2.05) is 24.3 Å². The van der Waals surface area contributed by atoms with Crippen molar-refractivity contribution >= 4 is 22.6 Å². The fourth-order valence-electron chi connectivity index (χ4n) is 2.77. The number of para-hydroxylation sites is 1. The summed E-state index contributed by atoms with van der Waals surface area (Å²) in [6, 6.07) is 16.3. The Hall–Kier alpha value is -1.77. The van der Waals surface area contributed by atoms with Gasteiger partial charge < -0.3 is 9.73 Å². The lowest BCUT2D eigenvalue weighted by Gasteiger charge is -2.08. The quantitative estimate of drug-likeness (QED) is 0.653. The average molecular weight is 328 g/mol. The molecule has 23 heavy (non-hydrogen) atoms. The Bertz CT molecular complexity index is 774. The molecule has 2 aromatic carbocycles. The zero-order valence-electron chi connectivity index (χ0n) is 13.6. The molecule has 0 fully saturated rings. The van der Waals surface area contributed by atoms with Gasteiger partial charge in [0.1, 0.15) is 11.3 Å². The topological polar surface area (TPSA) is 25.2 Å². The van der Waals surface area contributed by atoms with Crippen molar-refractivity contribution in [2.24, 2.45) is 5.92 Å². The number of furan rings is 1. The molecule has 1 heterocycles. The molecule has 1 N–H and O–H groups in total. The van der Waals surface area contributed by atoms with Gasteiger partial charge in [-0.2, -0.15) is 0 Å². The smallest absolute Gasteiger partial charge is 0.134 e. The Kier molecular flexibility index (Phi) is 5.04. The van der Waals surface area contributed by atoms with Gasteiger partial charge in [0.2, 0.25) is 0 Å². The first-order valence-electron chi connectivity index (χ1n) is 8.08. The van der Waals surface area contributed by atoms with Crippen LogP contribution in [0.4, 0.5) is 0 Å². The first-order chi connectivity index (χ1) is 11.1. The second-order valence-electron chi connectivity index (χ2n) is 6.33. The van der Waals surface area contributed by atoms with Crippen molar-refractivity contribution in [2.45, 2.75) is 26.8 Å². The molecule has 0 unspecified atom stereocenters. The molecule has 0 bridgehead atoms. The fourth-order valence-corrected chi connectivity index (χ4v) is 2.89. The van der Waals surface area contributed by atoms with Crippen LogP contribution in [0.5, 0.6) is 0 Å². The molecule has 0 aliphatic carbocycles. The summed E-state index contributed by atoms with van der Waals surface area (Å²) in [5.41, 5.74) is 3.46. The van der Waals surface area contributed by atoms with E-state index in [2.05, 4.69) is 43.4 Å². The van der Waals surface area contributed by atoms with E-state index in [9.17, 15) is 0 Å². The Morgan fingerprint density at radius 2 is 1.78 bits per heavy atom. The van der Waals surface area contributed by atoms with Crippen LogP contribution in [0.15, 0.2) is 52.9 Å². The minimum absolute atomic E-state index is 0.624. The molecule has 120 valence electrons. The van der Waals surface area contributed by atoms with Gasteiger partial charge in [-0.05, 0) is 36.2 Å². The van der Waals surface area contributed by atoms with Crippen molar-refractivity contribution in [1.29, 1.82) is 0 Å². The molecule has 2 nitrogen and oxygen atoms in total. The van der Waals surface area contributed by atoms with Gasteiger partial charge in [-0.1, -0.05) is 55.8 Å². The lowest BCUT2D eigenvalue weighted by molar-refractivity contribution is 0.481. The van der Waals surface area contributed by atoms with Gasteiger partial charge in [-0.25, -0.2) is 0 Å². The first kappa shape index (κ1) is 16.1. The van der Waals surface area contributed by atoms with Crippen LogP contribution >= 0.6 is 11.6 Å². The molecule has 0 aliphatic heterocycles. The van der Waals surface area contributed by atoms with E-state index in [4.69, 9.17) is 16.0 Å². The number of nitrogens with one attached hydrogen (secondary N) is 1. The van der Waals surface area contributed by atoms with Crippen molar-refractivity contribution < 1.29 is 4.42 Å². The average Bonchev–Trinajstić information content (AvgIpc) is 2.87. The minimum Gasteiger partial charge on any atom is -0.459 e.